The monoisotopic (exact) mass is 264 g/mol. The Morgan fingerprint density at radius 1 is 1.41 bits per heavy atom. The van der Waals surface area contributed by atoms with E-state index < -0.39 is 30.6 Å². The van der Waals surface area contributed by atoms with Crippen LogP contribution in [0.2, 0.25) is 0 Å². The smallest absolute Gasteiger partial charge is 0.307 e. The minimum atomic E-state index is -3.41. The van der Waals surface area contributed by atoms with Crippen LogP contribution in [0.4, 0.5) is 0 Å². The van der Waals surface area contributed by atoms with Crippen LogP contribution in [0.15, 0.2) is 0 Å². The van der Waals surface area contributed by atoms with Crippen LogP contribution in [-0.2, 0) is 14.2 Å². The molecule has 6 nitrogen and oxygen atoms in total. The zero-order valence-corrected chi connectivity index (χ0v) is 10.5. The third-order valence-electron chi connectivity index (χ3n) is 3.13. The lowest BCUT2D eigenvalue weighted by molar-refractivity contribution is -0.140. The minimum absolute atomic E-state index is 0.112. The predicted octanol–water partition coefficient (Wildman–Crippen LogP) is 1.23. The molecule has 0 spiro atoms. The molecule has 1 aliphatic carbocycles. The fourth-order valence-corrected chi connectivity index (χ4v) is 4.65. The van der Waals surface area contributed by atoms with Gasteiger partial charge in [0.25, 0.3) is 0 Å². The normalized spacial score (nSPS) is 30.6. The topological polar surface area (TPSA) is 112 Å². The van der Waals surface area contributed by atoms with Crippen LogP contribution in [-0.4, -0.2) is 39.4 Å². The molecule has 0 aromatic carbocycles. The average molecular weight is 264 g/mol. The number of carbonyl (C=O) groups is 2. The van der Waals surface area contributed by atoms with Crippen molar-refractivity contribution in [2.24, 2.45) is 11.3 Å². The van der Waals surface area contributed by atoms with Gasteiger partial charge in [0.05, 0.1) is 12.3 Å². The fraction of sp³-hybridized carbons (Fsp3) is 0.800. The van der Waals surface area contributed by atoms with Gasteiger partial charge in [-0.3, -0.25) is 14.2 Å². The Morgan fingerprint density at radius 2 is 2.00 bits per heavy atom. The average Bonchev–Trinajstić information content (AvgIpc) is 2.75. The Balaban J connectivity index is 2.78. The number of carboxylic acids is 2. The Kier molecular flexibility index (Phi) is 3.99. The van der Waals surface area contributed by atoms with Crippen LogP contribution in [0.3, 0.4) is 0 Å². The highest BCUT2D eigenvalue weighted by atomic mass is 31.2. The molecule has 7 heteroatoms. The van der Waals surface area contributed by atoms with Gasteiger partial charge in [-0.15, -0.1) is 0 Å². The SMILES string of the molecule is CCCP(=O)(O)CC1(CC(=O)O)CC1C(=O)O. The second kappa shape index (κ2) is 4.78. The van der Waals surface area contributed by atoms with Crippen molar-refractivity contribution in [1.82, 2.24) is 0 Å². The van der Waals surface area contributed by atoms with Gasteiger partial charge in [-0.1, -0.05) is 6.92 Å². The van der Waals surface area contributed by atoms with Gasteiger partial charge in [-0.25, -0.2) is 0 Å². The van der Waals surface area contributed by atoms with Gasteiger partial charge >= 0.3 is 11.9 Å². The molecule has 0 saturated heterocycles. The van der Waals surface area contributed by atoms with E-state index in [2.05, 4.69) is 0 Å². The van der Waals surface area contributed by atoms with Crippen molar-refractivity contribution in [3.05, 3.63) is 0 Å². The third kappa shape index (κ3) is 3.54. The molecule has 1 saturated carbocycles. The van der Waals surface area contributed by atoms with Gasteiger partial charge in [0.1, 0.15) is 0 Å². The van der Waals surface area contributed by atoms with Crippen molar-refractivity contribution in [2.45, 2.75) is 26.2 Å². The highest BCUT2D eigenvalue weighted by Gasteiger charge is 2.61. The molecule has 0 heterocycles. The Morgan fingerprint density at radius 3 is 2.35 bits per heavy atom. The molecule has 0 aromatic heterocycles. The fourth-order valence-electron chi connectivity index (χ4n) is 2.34. The summed E-state index contributed by atoms with van der Waals surface area (Å²) in [6, 6.07) is 0. The number of hydrogen-bond donors (Lipinski definition) is 3. The number of hydrogen-bond acceptors (Lipinski definition) is 3. The number of carboxylic acid groups (broad SMARTS) is 2. The van der Waals surface area contributed by atoms with Crippen molar-refractivity contribution >= 4 is 19.3 Å². The summed E-state index contributed by atoms with van der Waals surface area (Å²) in [5, 5.41) is 17.6. The van der Waals surface area contributed by atoms with Crippen LogP contribution < -0.4 is 0 Å². The minimum Gasteiger partial charge on any atom is -0.481 e. The van der Waals surface area contributed by atoms with Gasteiger partial charge in [-0.05, 0) is 12.8 Å². The van der Waals surface area contributed by atoms with E-state index in [4.69, 9.17) is 10.2 Å². The molecule has 1 rings (SSSR count). The van der Waals surface area contributed by atoms with E-state index in [1.165, 1.54) is 0 Å². The highest BCUT2D eigenvalue weighted by molar-refractivity contribution is 7.58. The Labute approximate surface area is 99.1 Å². The van der Waals surface area contributed by atoms with Crippen LogP contribution in [0, 0.1) is 11.3 Å². The van der Waals surface area contributed by atoms with Crippen LogP contribution >= 0.6 is 7.37 Å². The predicted molar refractivity (Wildman–Crippen MR) is 60.3 cm³/mol. The van der Waals surface area contributed by atoms with Gasteiger partial charge in [0, 0.05) is 17.7 Å². The molecular weight excluding hydrogens is 247 g/mol. The molecule has 0 radical (unpaired) electrons. The largest absolute Gasteiger partial charge is 0.481 e. The molecule has 3 unspecified atom stereocenters. The van der Waals surface area contributed by atoms with E-state index in [0.717, 1.165) is 0 Å². The maximum Gasteiger partial charge on any atom is 0.307 e. The van der Waals surface area contributed by atoms with E-state index in [1.807, 2.05) is 0 Å². The van der Waals surface area contributed by atoms with Gasteiger partial charge in [0.2, 0.25) is 7.37 Å². The van der Waals surface area contributed by atoms with E-state index in [9.17, 15) is 19.0 Å². The van der Waals surface area contributed by atoms with E-state index in [0.29, 0.717) is 6.42 Å². The first kappa shape index (κ1) is 14.2. The van der Waals surface area contributed by atoms with Crippen molar-refractivity contribution in [1.29, 1.82) is 0 Å². The van der Waals surface area contributed by atoms with E-state index in [-0.39, 0.29) is 25.2 Å². The summed E-state index contributed by atoms with van der Waals surface area (Å²) in [7, 11) is -3.41. The molecule has 0 amide bonds. The summed E-state index contributed by atoms with van der Waals surface area (Å²) in [6.07, 6.45) is 0.271. The zero-order chi connectivity index (χ0) is 13.3. The molecule has 0 aromatic rings. The summed E-state index contributed by atoms with van der Waals surface area (Å²) in [4.78, 5) is 31.2. The van der Waals surface area contributed by atoms with Crippen molar-refractivity contribution < 1.29 is 29.3 Å². The lowest BCUT2D eigenvalue weighted by Crippen LogP contribution is -2.20. The first-order valence-corrected chi connectivity index (χ1v) is 7.51. The summed E-state index contributed by atoms with van der Waals surface area (Å²) in [6.45, 7) is 1.76. The van der Waals surface area contributed by atoms with E-state index >= 15 is 0 Å². The van der Waals surface area contributed by atoms with Gasteiger partial charge in [0.15, 0.2) is 0 Å². The second-order valence-corrected chi connectivity index (χ2v) is 7.21. The molecule has 0 bridgehead atoms. The zero-order valence-electron chi connectivity index (χ0n) is 9.63. The molecule has 1 fully saturated rings. The molecule has 1 aliphatic rings. The molecule has 3 N–H and O–H groups in total. The van der Waals surface area contributed by atoms with E-state index in [1.54, 1.807) is 6.92 Å². The molecular formula is C10H17O6P. The van der Waals surface area contributed by atoms with Gasteiger partial charge < -0.3 is 15.1 Å². The number of rotatable bonds is 7. The molecule has 3 atom stereocenters. The summed E-state index contributed by atoms with van der Waals surface area (Å²) in [5.74, 6) is -3.00. The lowest BCUT2D eigenvalue weighted by Gasteiger charge is -2.18. The van der Waals surface area contributed by atoms with Gasteiger partial charge in [-0.2, -0.15) is 0 Å². The Hall–Kier alpha value is -0.870. The third-order valence-corrected chi connectivity index (χ3v) is 5.40. The second-order valence-electron chi connectivity index (χ2n) is 4.76. The quantitative estimate of drug-likeness (QED) is 0.596. The first-order valence-electron chi connectivity index (χ1n) is 5.48. The summed E-state index contributed by atoms with van der Waals surface area (Å²) in [5.41, 5.74) is -1.02. The summed E-state index contributed by atoms with van der Waals surface area (Å²) < 4.78 is 11.8. The maximum atomic E-state index is 11.8. The Bertz CT molecular complexity index is 379. The maximum absolute atomic E-state index is 11.8. The molecule has 98 valence electrons. The molecule has 0 aliphatic heterocycles. The van der Waals surface area contributed by atoms with Crippen molar-refractivity contribution in [3.8, 4) is 0 Å². The highest BCUT2D eigenvalue weighted by Crippen LogP contribution is 2.63. The number of aliphatic carboxylic acids is 2. The standard InChI is InChI=1S/C10H17O6P/c1-2-3-17(15,16)6-10(5-8(11)12)4-7(10)9(13)14/h7H,2-6H2,1H3,(H,11,12)(H,13,14)(H,15,16). The lowest BCUT2D eigenvalue weighted by atomic mass is 10.0. The molecule has 17 heavy (non-hydrogen) atoms. The van der Waals surface area contributed by atoms with Crippen LogP contribution in [0.5, 0.6) is 0 Å². The summed E-state index contributed by atoms with van der Waals surface area (Å²) >= 11 is 0. The van der Waals surface area contributed by atoms with Crippen molar-refractivity contribution in [2.75, 3.05) is 12.3 Å². The van der Waals surface area contributed by atoms with Crippen molar-refractivity contribution in [3.63, 3.8) is 0 Å². The van der Waals surface area contributed by atoms with Crippen LogP contribution in [0.1, 0.15) is 26.2 Å². The van der Waals surface area contributed by atoms with Crippen LogP contribution in [0.25, 0.3) is 0 Å². The first-order chi connectivity index (χ1) is 7.72.